The van der Waals surface area contributed by atoms with Gasteiger partial charge < -0.3 is 15.4 Å². The normalized spacial score (nSPS) is 10.1. The second-order valence-corrected chi connectivity index (χ2v) is 5.51. The topological polar surface area (TPSA) is 84.5 Å². The highest BCUT2D eigenvalue weighted by atomic mass is 19.1. The zero-order valence-corrected chi connectivity index (χ0v) is 14.3. The molecule has 0 unspecified atom stereocenters. The third-order valence-electron chi connectivity index (χ3n) is 3.53. The van der Waals surface area contributed by atoms with Crippen LogP contribution in [0.15, 0.2) is 48.5 Å². The standard InChI is InChI=1S/C19H19FN2O4/c1-26-18(24)9-10-21-19(25)14-5-7-16(8-6-14)22-17(23)12-13-3-2-4-15(20)11-13/h2-8,11H,9-10,12H2,1H3,(H,21,25)(H,22,23). The highest BCUT2D eigenvalue weighted by Gasteiger charge is 2.08. The van der Waals surface area contributed by atoms with Gasteiger partial charge in [0.15, 0.2) is 0 Å². The van der Waals surface area contributed by atoms with Crippen LogP contribution in [0.5, 0.6) is 0 Å². The smallest absolute Gasteiger partial charge is 0.307 e. The van der Waals surface area contributed by atoms with Crippen LogP contribution in [0.2, 0.25) is 0 Å². The van der Waals surface area contributed by atoms with Crippen molar-refractivity contribution >= 4 is 23.5 Å². The summed E-state index contributed by atoms with van der Waals surface area (Å²) in [4.78, 5) is 34.9. The van der Waals surface area contributed by atoms with Crippen molar-refractivity contribution in [3.8, 4) is 0 Å². The third-order valence-corrected chi connectivity index (χ3v) is 3.53. The molecule has 0 spiro atoms. The quantitative estimate of drug-likeness (QED) is 0.744. The summed E-state index contributed by atoms with van der Waals surface area (Å²) in [7, 11) is 1.28. The fraction of sp³-hybridized carbons (Fsp3) is 0.211. The van der Waals surface area contributed by atoms with Gasteiger partial charge in [-0.2, -0.15) is 0 Å². The van der Waals surface area contributed by atoms with Crippen molar-refractivity contribution in [3.05, 3.63) is 65.5 Å². The first-order valence-corrected chi connectivity index (χ1v) is 7.97. The lowest BCUT2D eigenvalue weighted by atomic mass is 10.1. The maximum atomic E-state index is 13.1. The molecule has 26 heavy (non-hydrogen) atoms. The highest BCUT2D eigenvalue weighted by molar-refractivity contribution is 5.96. The van der Waals surface area contributed by atoms with Gasteiger partial charge in [-0.1, -0.05) is 12.1 Å². The number of methoxy groups -OCH3 is 1. The molecule has 0 aromatic heterocycles. The van der Waals surface area contributed by atoms with Crippen LogP contribution in [-0.2, 0) is 20.7 Å². The molecule has 2 N–H and O–H groups in total. The lowest BCUT2D eigenvalue weighted by molar-refractivity contribution is -0.140. The van der Waals surface area contributed by atoms with Crippen molar-refractivity contribution in [2.24, 2.45) is 0 Å². The molecule has 0 fully saturated rings. The van der Waals surface area contributed by atoms with E-state index < -0.39 is 11.8 Å². The van der Waals surface area contributed by atoms with Crippen LogP contribution in [0.4, 0.5) is 10.1 Å². The van der Waals surface area contributed by atoms with Crippen molar-refractivity contribution in [1.82, 2.24) is 5.32 Å². The van der Waals surface area contributed by atoms with Crippen molar-refractivity contribution in [3.63, 3.8) is 0 Å². The van der Waals surface area contributed by atoms with E-state index in [4.69, 9.17) is 0 Å². The molecule has 2 amide bonds. The van der Waals surface area contributed by atoms with Crippen LogP contribution in [0.25, 0.3) is 0 Å². The van der Waals surface area contributed by atoms with Gasteiger partial charge in [-0.15, -0.1) is 0 Å². The molecule has 0 atom stereocenters. The summed E-state index contributed by atoms with van der Waals surface area (Å²) in [6, 6.07) is 12.2. The number of carbonyl (C=O) groups excluding carboxylic acids is 3. The number of carbonyl (C=O) groups is 3. The van der Waals surface area contributed by atoms with Crippen molar-refractivity contribution in [2.75, 3.05) is 19.0 Å². The van der Waals surface area contributed by atoms with Gasteiger partial charge in [-0.25, -0.2) is 4.39 Å². The van der Waals surface area contributed by atoms with Gasteiger partial charge in [0.1, 0.15) is 5.82 Å². The molecule has 0 aliphatic heterocycles. The van der Waals surface area contributed by atoms with Crippen LogP contribution in [-0.4, -0.2) is 31.4 Å². The molecule has 0 saturated carbocycles. The third kappa shape index (κ3) is 6.01. The second-order valence-electron chi connectivity index (χ2n) is 5.51. The summed E-state index contributed by atoms with van der Waals surface area (Å²) in [5, 5.41) is 5.29. The van der Waals surface area contributed by atoms with Gasteiger partial charge in [-0.05, 0) is 42.0 Å². The SMILES string of the molecule is COC(=O)CCNC(=O)c1ccc(NC(=O)Cc2cccc(F)c2)cc1. The predicted molar refractivity (Wildman–Crippen MR) is 94.1 cm³/mol. The van der Waals surface area contributed by atoms with Gasteiger partial charge >= 0.3 is 5.97 Å². The summed E-state index contributed by atoms with van der Waals surface area (Å²) < 4.78 is 17.6. The van der Waals surface area contributed by atoms with Crippen LogP contribution in [0, 0.1) is 5.82 Å². The Morgan fingerprint density at radius 2 is 1.81 bits per heavy atom. The number of hydrogen-bond acceptors (Lipinski definition) is 4. The number of rotatable bonds is 7. The first kappa shape index (κ1) is 19.1. The summed E-state index contributed by atoms with van der Waals surface area (Å²) >= 11 is 0. The summed E-state index contributed by atoms with van der Waals surface area (Å²) in [5.41, 5.74) is 1.50. The number of nitrogens with one attached hydrogen (secondary N) is 2. The molecule has 0 saturated heterocycles. The van der Waals surface area contributed by atoms with E-state index >= 15 is 0 Å². The molecule has 136 valence electrons. The van der Waals surface area contributed by atoms with Crippen molar-refractivity contribution in [2.45, 2.75) is 12.8 Å². The zero-order valence-electron chi connectivity index (χ0n) is 14.3. The fourth-order valence-corrected chi connectivity index (χ4v) is 2.22. The minimum Gasteiger partial charge on any atom is -0.469 e. The Balaban J connectivity index is 1.85. The maximum absolute atomic E-state index is 13.1. The van der Waals surface area contributed by atoms with E-state index in [2.05, 4.69) is 15.4 Å². The molecular weight excluding hydrogens is 339 g/mol. The molecular formula is C19H19FN2O4. The van der Waals surface area contributed by atoms with E-state index in [1.54, 1.807) is 36.4 Å². The molecule has 6 nitrogen and oxygen atoms in total. The van der Waals surface area contributed by atoms with Crippen LogP contribution < -0.4 is 10.6 Å². The minimum absolute atomic E-state index is 0.0491. The molecule has 2 rings (SSSR count). The summed E-state index contributed by atoms with van der Waals surface area (Å²) in [6.45, 7) is 0.178. The first-order valence-electron chi connectivity index (χ1n) is 7.97. The molecule has 7 heteroatoms. The lowest BCUT2D eigenvalue weighted by Crippen LogP contribution is -2.26. The Morgan fingerprint density at radius 3 is 2.46 bits per heavy atom. The monoisotopic (exact) mass is 358 g/mol. The molecule has 0 aliphatic carbocycles. The maximum Gasteiger partial charge on any atom is 0.307 e. The minimum atomic E-state index is -0.401. The average Bonchev–Trinajstić information content (AvgIpc) is 2.62. The van der Waals surface area contributed by atoms with Gasteiger partial charge in [0.2, 0.25) is 5.91 Å². The lowest BCUT2D eigenvalue weighted by Gasteiger charge is -2.08. The highest BCUT2D eigenvalue weighted by Crippen LogP contribution is 2.11. The molecule has 2 aromatic rings. The van der Waals surface area contributed by atoms with E-state index in [9.17, 15) is 18.8 Å². The predicted octanol–water partition coefficient (Wildman–Crippen LogP) is 2.30. The molecule has 0 radical (unpaired) electrons. The zero-order chi connectivity index (χ0) is 18.9. The Labute approximate surface area is 150 Å². The number of benzene rings is 2. The number of hydrogen-bond donors (Lipinski definition) is 2. The molecule has 0 heterocycles. The Kier molecular flexibility index (Phi) is 6.84. The van der Waals surface area contributed by atoms with Gasteiger partial charge in [0.25, 0.3) is 5.91 Å². The number of halogens is 1. The molecule has 0 bridgehead atoms. The number of esters is 1. The first-order chi connectivity index (χ1) is 12.5. The summed E-state index contributed by atoms with van der Waals surface area (Å²) in [6.07, 6.45) is 0.143. The van der Waals surface area contributed by atoms with Gasteiger partial charge in [-0.3, -0.25) is 14.4 Å². The van der Waals surface area contributed by atoms with Gasteiger partial charge in [0, 0.05) is 17.8 Å². The Hall–Kier alpha value is -3.22. The van der Waals surface area contributed by atoms with E-state index in [-0.39, 0.29) is 31.2 Å². The van der Waals surface area contributed by atoms with E-state index in [1.807, 2.05) is 0 Å². The number of amides is 2. The van der Waals surface area contributed by atoms with E-state index in [0.29, 0.717) is 16.8 Å². The number of anilines is 1. The Morgan fingerprint density at radius 1 is 1.08 bits per heavy atom. The second kappa shape index (κ2) is 9.31. The Bertz CT molecular complexity index is 790. The number of ether oxygens (including phenoxy) is 1. The fourth-order valence-electron chi connectivity index (χ4n) is 2.22. The van der Waals surface area contributed by atoms with Gasteiger partial charge in [0.05, 0.1) is 20.0 Å². The van der Waals surface area contributed by atoms with Crippen LogP contribution in [0.3, 0.4) is 0 Å². The summed E-state index contributed by atoms with van der Waals surface area (Å²) in [5.74, 6) is -1.41. The average molecular weight is 358 g/mol. The largest absolute Gasteiger partial charge is 0.469 e. The van der Waals surface area contributed by atoms with Crippen LogP contribution in [0.1, 0.15) is 22.3 Å². The molecule has 0 aliphatic rings. The molecule has 2 aromatic carbocycles. The van der Waals surface area contributed by atoms with E-state index in [0.717, 1.165) is 0 Å². The van der Waals surface area contributed by atoms with Crippen molar-refractivity contribution in [1.29, 1.82) is 0 Å². The van der Waals surface area contributed by atoms with Crippen LogP contribution >= 0.6 is 0 Å². The van der Waals surface area contributed by atoms with E-state index in [1.165, 1.54) is 19.2 Å². The van der Waals surface area contributed by atoms with Crippen molar-refractivity contribution < 1.29 is 23.5 Å².